The molecule has 0 rings (SSSR count). The monoisotopic (exact) mass is 131 g/mol. The van der Waals surface area contributed by atoms with E-state index in [1.54, 1.807) is 6.92 Å². The molecule has 2 nitrogen and oxygen atoms in total. The van der Waals surface area contributed by atoms with Gasteiger partial charge in [0.05, 0.1) is 6.26 Å². The predicted octanol–water partition coefficient (Wildman–Crippen LogP) is 0.564. The summed E-state index contributed by atoms with van der Waals surface area (Å²) in [5.41, 5.74) is 0. The van der Waals surface area contributed by atoms with Crippen molar-refractivity contribution >= 4 is 9.84 Å². The van der Waals surface area contributed by atoms with Gasteiger partial charge in [0, 0.05) is 11.7 Å². The minimum absolute atomic E-state index is 0.550. The van der Waals surface area contributed by atoms with Crippen molar-refractivity contribution in [1.29, 1.82) is 0 Å². The van der Waals surface area contributed by atoms with Gasteiger partial charge >= 0.3 is 0 Å². The average molecular weight is 131 g/mol. The van der Waals surface area contributed by atoms with Crippen LogP contribution in [0.25, 0.3) is 0 Å². The van der Waals surface area contributed by atoms with Crippen LogP contribution in [0.15, 0.2) is 0 Å². The molecule has 0 aromatic heterocycles. The summed E-state index contributed by atoms with van der Waals surface area (Å²) in [6.45, 7) is 1.78. The van der Waals surface area contributed by atoms with Crippen LogP contribution in [-0.4, -0.2) is 8.42 Å². The summed E-state index contributed by atoms with van der Waals surface area (Å²) in [4.78, 5) is 0. The Bertz CT molecular complexity index is 202. The standard InChI is InChI=1S/C5H7O2S/c1-3-4-5-8(2,6)7/h2-3H2,1H3. The first kappa shape index (κ1) is 7.51. The van der Waals surface area contributed by atoms with Crippen LogP contribution in [0.2, 0.25) is 0 Å². The maximum atomic E-state index is 10.1. The topological polar surface area (TPSA) is 34.1 Å². The van der Waals surface area contributed by atoms with Crippen LogP contribution in [0, 0.1) is 17.4 Å². The van der Waals surface area contributed by atoms with E-state index in [2.05, 4.69) is 12.2 Å². The summed E-state index contributed by atoms with van der Waals surface area (Å²) in [7, 11) is -3.30. The molecule has 0 saturated heterocycles. The normalized spacial score (nSPS) is 9.75. The van der Waals surface area contributed by atoms with E-state index in [4.69, 9.17) is 0 Å². The van der Waals surface area contributed by atoms with Gasteiger partial charge in [-0.1, -0.05) is 12.8 Å². The lowest BCUT2D eigenvalue weighted by molar-refractivity contribution is 0.614. The van der Waals surface area contributed by atoms with Crippen LogP contribution in [-0.2, 0) is 9.84 Å². The highest BCUT2D eigenvalue weighted by atomic mass is 32.2. The maximum Gasteiger partial charge on any atom is 0.217 e. The van der Waals surface area contributed by atoms with Crippen molar-refractivity contribution < 1.29 is 8.42 Å². The molecule has 0 unspecified atom stereocenters. The largest absolute Gasteiger partial charge is 0.217 e. The van der Waals surface area contributed by atoms with Gasteiger partial charge in [-0.15, -0.1) is 0 Å². The summed E-state index contributed by atoms with van der Waals surface area (Å²) < 4.78 is 20.2. The Kier molecular flexibility index (Phi) is 2.56. The molecule has 8 heavy (non-hydrogen) atoms. The average Bonchev–Trinajstić information content (AvgIpc) is 1.59. The Balaban J connectivity index is 4.12. The van der Waals surface area contributed by atoms with E-state index < -0.39 is 9.84 Å². The van der Waals surface area contributed by atoms with E-state index in [9.17, 15) is 8.42 Å². The molecule has 0 aliphatic rings. The van der Waals surface area contributed by atoms with Crippen molar-refractivity contribution in [2.24, 2.45) is 0 Å². The van der Waals surface area contributed by atoms with E-state index in [1.165, 1.54) is 0 Å². The second kappa shape index (κ2) is 2.73. The molecular formula is C5H7O2S. The Morgan fingerprint density at radius 1 is 1.62 bits per heavy atom. The van der Waals surface area contributed by atoms with Crippen LogP contribution in [0.5, 0.6) is 0 Å². The Hall–Kier alpha value is -0.490. The molecule has 0 bridgehead atoms. The van der Waals surface area contributed by atoms with Crippen molar-refractivity contribution in [1.82, 2.24) is 0 Å². The van der Waals surface area contributed by atoms with Crippen molar-refractivity contribution in [2.75, 3.05) is 0 Å². The van der Waals surface area contributed by atoms with Crippen LogP contribution in [0.4, 0.5) is 0 Å². The lowest BCUT2D eigenvalue weighted by Crippen LogP contribution is -1.83. The molecule has 0 saturated carbocycles. The third kappa shape index (κ3) is 5.51. The lowest BCUT2D eigenvalue weighted by Gasteiger charge is -1.74. The van der Waals surface area contributed by atoms with Crippen molar-refractivity contribution in [2.45, 2.75) is 13.3 Å². The number of rotatable bonds is 0. The highest BCUT2D eigenvalue weighted by Gasteiger charge is 1.88. The SMILES string of the molecule is [CH2]S(=O)(=O)C#CCC. The van der Waals surface area contributed by atoms with E-state index in [0.717, 1.165) is 0 Å². The molecule has 45 valence electrons. The van der Waals surface area contributed by atoms with Gasteiger partial charge in [-0.25, -0.2) is 8.42 Å². The molecule has 3 heteroatoms. The van der Waals surface area contributed by atoms with Gasteiger partial charge in [-0.2, -0.15) is 0 Å². The highest BCUT2D eigenvalue weighted by molar-refractivity contribution is 7.97. The van der Waals surface area contributed by atoms with Crippen LogP contribution < -0.4 is 0 Å². The molecule has 0 atom stereocenters. The number of sulfone groups is 1. The Morgan fingerprint density at radius 2 is 2.12 bits per heavy atom. The molecule has 0 heterocycles. The molecule has 0 aliphatic carbocycles. The quantitative estimate of drug-likeness (QED) is 0.355. The third-order valence-electron chi connectivity index (χ3n) is 0.404. The van der Waals surface area contributed by atoms with Crippen LogP contribution >= 0.6 is 0 Å². The lowest BCUT2D eigenvalue weighted by atomic mass is 10.5. The fourth-order valence-electron chi connectivity index (χ4n) is 0.182. The van der Waals surface area contributed by atoms with Gasteiger partial charge in [0.1, 0.15) is 0 Å². The van der Waals surface area contributed by atoms with Crippen LogP contribution in [0.1, 0.15) is 13.3 Å². The zero-order chi connectivity index (χ0) is 6.62. The summed E-state index contributed by atoms with van der Waals surface area (Å²) in [6.07, 6.45) is 3.36. The summed E-state index contributed by atoms with van der Waals surface area (Å²) in [6, 6.07) is 0. The smallest absolute Gasteiger partial charge is 0.215 e. The van der Waals surface area contributed by atoms with E-state index in [0.29, 0.717) is 6.42 Å². The molecule has 0 spiro atoms. The van der Waals surface area contributed by atoms with E-state index >= 15 is 0 Å². The van der Waals surface area contributed by atoms with Gasteiger partial charge in [-0.05, 0) is 0 Å². The van der Waals surface area contributed by atoms with Gasteiger partial charge in [0.15, 0.2) is 0 Å². The molecule has 0 amide bonds. The summed E-state index contributed by atoms with van der Waals surface area (Å²) >= 11 is 0. The van der Waals surface area contributed by atoms with E-state index in [-0.39, 0.29) is 0 Å². The first-order valence-corrected chi connectivity index (χ1v) is 3.79. The molecule has 1 radical (unpaired) electrons. The Morgan fingerprint density at radius 3 is 2.25 bits per heavy atom. The summed E-state index contributed by atoms with van der Waals surface area (Å²) in [5, 5.41) is 1.98. The zero-order valence-electron chi connectivity index (χ0n) is 4.64. The second-order valence-electron chi connectivity index (χ2n) is 1.25. The van der Waals surface area contributed by atoms with Crippen molar-refractivity contribution in [3.63, 3.8) is 0 Å². The van der Waals surface area contributed by atoms with Gasteiger partial charge < -0.3 is 0 Å². The molecule has 0 aromatic carbocycles. The molecule has 0 N–H and O–H groups in total. The Labute approximate surface area is 49.8 Å². The first-order chi connectivity index (χ1) is 3.56. The van der Waals surface area contributed by atoms with Gasteiger partial charge in [-0.3, -0.25) is 0 Å². The minimum atomic E-state index is -3.30. The fraction of sp³-hybridized carbons (Fsp3) is 0.400. The predicted molar refractivity (Wildman–Crippen MR) is 32.3 cm³/mol. The second-order valence-corrected chi connectivity index (χ2v) is 2.68. The van der Waals surface area contributed by atoms with E-state index in [1.807, 2.05) is 5.25 Å². The highest BCUT2D eigenvalue weighted by Crippen LogP contribution is 1.79. The zero-order valence-corrected chi connectivity index (χ0v) is 5.46. The molecule has 0 aliphatic heterocycles. The first-order valence-electron chi connectivity index (χ1n) is 2.14. The van der Waals surface area contributed by atoms with Crippen LogP contribution in [0.3, 0.4) is 0 Å². The van der Waals surface area contributed by atoms with Crippen molar-refractivity contribution in [3.05, 3.63) is 6.26 Å². The minimum Gasteiger partial charge on any atom is -0.215 e. The van der Waals surface area contributed by atoms with Gasteiger partial charge in [0.25, 0.3) is 0 Å². The third-order valence-corrected chi connectivity index (χ3v) is 0.860. The van der Waals surface area contributed by atoms with Crippen molar-refractivity contribution in [3.8, 4) is 11.2 Å². The summed E-state index contributed by atoms with van der Waals surface area (Å²) in [5.74, 6) is 2.39. The maximum absolute atomic E-state index is 10.1. The fourth-order valence-corrected chi connectivity index (χ4v) is 0.546. The van der Waals surface area contributed by atoms with Gasteiger partial charge in [0.2, 0.25) is 9.84 Å². The molecular weight excluding hydrogens is 124 g/mol. The molecule has 0 fully saturated rings. The number of hydrogen-bond donors (Lipinski definition) is 0. The number of hydrogen-bond acceptors (Lipinski definition) is 2. The molecule has 0 aromatic rings.